The Hall–Kier alpha value is -0.610. The van der Waals surface area contributed by atoms with E-state index in [2.05, 4.69) is 38.3 Å². The molecule has 2 atom stereocenters. The van der Waals surface area contributed by atoms with Crippen molar-refractivity contribution in [3.63, 3.8) is 0 Å². The number of hydrogen-bond acceptors (Lipinski definition) is 3. The van der Waals surface area contributed by atoms with Crippen LogP contribution in [0.25, 0.3) is 0 Å². The molecule has 1 fully saturated rings. The van der Waals surface area contributed by atoms with Crippen LogP contribution in [0.5, 0.6) is 0 Å². The Bertz CT molecular complexity index is 277. The van der Waals surface area contributed by atoms with Crippen LogP contribution in [-0.2, 0) is 9.53 Å². The van der Waals surface area contributed by atoms with Gasteiger partial charge < -0.3 is 15.4 Å². The number of carbonyl (C=O) groups is 1. The molecule has 1 aliphatic heterocycles. The van der Waals surface area contributed by atoms with Crippen molar-refractivity contribution in [3.8, 4) is 0 Å². The van der Waals surface area contributed by atoms with Crippen LogP contribution in [0, 0.1) is 5.92 Å². The molecular formula is C14H28N2O2. The second-order valence-electron chi connectivity index (χ2n) is 6.26. The number of carbonyl (C=O) groups excluding carboxylic acids is 1. The van der Waals surface area contributed by atoms with Gasteiger partial charge in [0.25, 0.3) is 0 Å². The third-order valence-electron chi connectivity index (χ3n) is 3.40. The van der Waals surface area contributed by atoms with Crippen molar-refractivity contribution in [2.75, 3.05) is 13.7 Å². The molecule has 2 unspecified atom stereocenters. The first kappa shape index (κ1) is 15.4. The topological polar surface area (TPSA) is 50.4 Å². The molecule has 18 heavy (non-hydrogen) atoms. The van der Waals surface area contributed by atoms with Gasteiger partial charge in [-0.05, 0) is 39.0 Å². The molecule has 1 rings (SSSR count). The molecular weight excluding hydrogens is 228 g/mol. The molecule has 0 aliphatic carbocycles. The molecule has 4 nitrogen and oxygen atoms in total. The van der Waals surface area contributed by atoms with E-state index in [0.29, 0.717) is 12.0 Å². The summed E-state index contributed by atoms with van der Waals surface area (Å²) in [6, 6.07) is 0.281. The van der Waals surface area contributed by atoms with E-state index in [1.807, 2.05) is 0 Å². The summed E-state index contributed by atoms with van der Waals surface area (Å²) in [6.45, 7) is 9.28. The van der Waals surface area contributed by atoms with E-state index in [1.54, 1.807) is 7.05 Å². The number of ether oxygens (including phenoxy) is 1. The quantitative estimate of drug-likeness (QED) is 0.787. The van der Waals surface area contributed by atoms with Gasteiger partial charge in [-0.3, -0.25) is 4.79 Å². The normalized spacial score (nSPS) is 24.9. The van der Waals surface area contributed by atoms with Gasteiger partial charge >= 0.3 is 0 Å². The second kappa shape index (κ2) is 6.53. The van der Waals surface area contributed by atoms with Gasteiger partial charge in [0, 0.05) is 19.7 Å². The maximum atomic E-state index is 11.9. The molecule has 1 amide bonds. The van der Waals surface area contributed by atoms with Crippen LogP contribution in [0.2, 0.25) is 0 Å². The zero-order valence-electron chi connectivity index (χ0n) is 12.4. The average Bonchev–Trinajstić information content (AvgIpc) is 2.25. The Morgan fingerprint density at radius 1 is 1.44 bits per heavy atom. The van der Waals surface area contributed by atoms with Crippen LogP contribution >= 0.6 is 0 Å². The fraction of sp³-hybridized carbons (Fsp3) is 0.929. The van der Waals surface area contributed by atoms with Gasteiger partial charge in [-0.1, -0.05) is 13.8 Å². The SMILES string of the molecule is CNC(=O)C(CC(C)C)NC1CCOC(C)(C)C1. The lowest BCUT2D eigenvalue weighted by atomic mass is 9.92. The zero-order chi connectivity index (χ0) is 13.8. The highest BCUT2D eigenvalue weighted by Gasteiger charge is 2.31. The smallest absolute Gasteiger partial charge is 0.236 e. The predicted molar refractivity (Wildman–Crippen MR) is 73.5 cm³/mol. The minimum atomic E-state index is -0.0890. The summed E-state index contributed by atoms with van der Waals surface area (Å²) < 4.78 is 5.70. The summed E-state index contributed by atoms with van der Waals surface area (Å²) in [5.41, 5.74) is -0.0824. The third-order valence-corrected chi connectivity index (χ3v) is 3.40. The molecule has 1 saturated heterocycles. The molecule has 0 radical (unpaired) electrons. The van der Waals surface area contributed by atoms with Crippen LogP contribution in [0.15, 0.2) is 0 Å². The van der Waals surface area contributed by atoms with Crippen molar-refractivity contribution in [1.29, 1.82) is 0 Å². The van der Waals surface area contributed by atoms with E-state index >= 15 is 0 Å². The number of likely N-dealkylation sites (N-methyl/N-ethyl adjacent to an activating group) is 1. The lowest BCUT2D eigenvalue weighted by molar-refractivity contribution is -0.124. The molecule has 1 aliphatic rings. The fourth-order valence-electron chi connectivity index (χ4n) is 2.56. The number of amides is 1. The molecule has 0 saturated carbocycles. The van der Waals surface area contributed by atoms with Gasteiger partial charge in [0.05, 0.1) is 11.6 Å². The Kier molecular flexibility index (Phi) is 5.60. The first-order chi connectivity index (χ1) is 8.34. The highest BCUT2D eigenvalue weighted by Crippen LogP contribution is 2.24. The van der Waals surface area contributed by atoms with Crippen molar-refractivity contribution >= 4 is 5.91 Å². The molecule has 0 spiro atoms. The van der Waals surface area contributed by atoms with Gasteiger partial charge in [-0.15, -0.1) is 0 Å². The minimum absolute atomic E-state index is 0.0824. The van der Waals surface area contributed by atoms with Crippen LogP contribution < -0.4 is 10.6 Å². The van der Waals surface area contributed by atoms with Crippen LogP contribution in [0.4, 0.5) is 0 Å². The maximum absolute atomic E-state index is 11.9. The molecule has 4 heteroatoms. The van der Waals surface area contributed by atoms with Crippen molar-refractivity contribution in [3.05, 3.63) is 0 Å². The summed E-state index contributed by atoms with van der Waals surface area (Å²) >= 11 is 0. The van der Waals surface area contributed by atoms with Crippen molar-refractivity contribution < 1.29 is 9.53 Å². The third kappa shape index (κ3) is 4.94. The lowest BCUT2D eigenvalue weighted by Gasteiger charge is -2.37. The monoisotopic (exact) mass is 256 g/mol. The second-order valence-corrected chi connectivity index (χ2v) is 6.26. The van der Waals surface area contributed by atoms with Gasteiger partial charge in [0.1, 0.15) is 0 Å². The van der Waals surface area contributed by atoms with E-state index in [-0.39, 0.29) is 17.6 Å². The minimum Gasteiger partial charge on any atom is -0.375 e. The van der Waals surface area contributed by atoms with Crippen molar-refractivity contribution in [2.24, 2.45) is 5.92 Å². The van der Waals surface area contributed by atoms with Gasteiger partial charge in [0.15, 0.2) is 0 Å². The van der Waals surface area contributed by atoms with E-state index < -0.39 is 0 Å². The summed E-state index contributed by atoms with van der Waals surface area (Å²) in [4.78, 5) is 11.9. The van der Waals surface area contributed by atoms with Crippen molar-refractivity contribution in [1.82, 2.24) is 10.6 Å². The van der Waals surface area contributed by atoms with E-state index in [9.17, 15) is 4.79 Å². The number of nitrogens with one attached hydrogen (secondary N) is 2. The van der Waals surface area contributed by atoms with Gasteiger partial charge in [0.2, 0.25) is 5.91 Å². The molecule has 0 aromatic heterocycles. The van der Waals surface area contributed by atoms with Gasteiger partial charge in [-0.2, -0.15) is 0 Å². The Morgan fingerprint density at radius 2 is 2.11 bits per heavy atom. The Balaban J connectivity index is 2.57. The highest BCUT2D eigenvalue weighted by molar-refractivity contribution is 5.81. The van der Waals surface area contributed by atoms with E-state index in [1.165, 1.54) is 0 Å². The van der Waals surface area contributed by atoms with E-state index in [0.717, 1.165) is 25.9 Å². The molecule has 106 valence electrons. The van der Waals surface area contributed by atoms with Crippen LogP contribution in [0.3, 0.4) is 0 Å². The standard InChI is InChI=1S/C14H28N2O2/c1-10(2)8-12(13(17)15-5)16-11-6-7-18-14(3,4)9-11/h10-12,16H,6-9H2,1-5H3,(H,15,17). The van der Waals surface area contributed by atoms with Crippen LogP contribution in [0.1, 0.15) is 47.0 Å². The Morgan fingerprint density at radius 3 is 2.61 bits per heavy atom. The van der Waals surface area contributed by atoms with Crippen LogP contribution in [-0.4, -0.2) is 37.2 Å². The Labute approximate surface area is 111 Å². The average molecular weight is 256 g/mol. The zero-order valence-corrected chi connectivity index (χ0v) is 12.4. The molecule has 0 aromatic rings. The van der Waals surface area contributed by atoms with Crippen molar-refractivity contribution in [2.45, 2.75) is 64.6 Å². The summed E-state index contributed by atoms with van der Waals surface area (Å²) in [5, 5.41) is 6.25. The molecule has 0 aromatic carbocycles. The first-order valence-electron chi connectivity index (χ1n) is 6.95. The largest absolute Gasteiger partial charge is 0.375 e. The maximum Gasteiger partial charge on any atom is 0.236 e. The highest BCUT2D eigenvalue weighted by atomic mass is 16.5. The number of rotatable bonds is 5. The predicted octanol–water partition coefficient (Wildman–Crippen LogP) is 1.69. The lowest BCUT2D eigenvalue weighted by Crippen LogP contribution is -2.52. The first-order valence-corrected chi connectivity index (χ1v) is 6.95. The molecule has 1 heterocycles. The fourth-order valence-corrected chi connectivity index (χ4v) is 2.56. The molecule has 2 N–H and O–H groups in total. The molecule has 0 bridgehead atoms. The summed E-state index contributed by atoms with van der Waals surface area (Å²) in [6.07, 6.45) is 2.81. The summed E-state index contributed by atoms with van der Waals surface area (Å²) in [5.74, 6) is 0.598. The number of hydrogen-bond donors (Lipinski definition) is 2. The van der Waals surface area contributed by atoms with Gasteiger partial charge in [-0.25, -0.2) is 0 Å². The summed E-state index contributed by atoms with van der Waals surface area (Å²) in [7, 11) is 1.70. The van der Waals surface area contributed by atoms with E-state index in [4.69, 9.17) is 4.74 Å².